The molecule has 3 aromatic rings. The summed E-state index contributed by atoms with van der Waals surface area (Å²) in [5.41, 5.74) is -0.0506. The molecule has 0 fully saturated rings. The minimum atomic E-state index is -0.516. The van der Waals surface area contributed by atoms with Crippen molar-refractivity contribution >= 4 is 38.4 Å². The van der Waals surface area contributed by atoms with Gasteiger partial charge in [0.2, 0.25) is 0 Å². The number of halogens is 2. The molecule has 1 aromatic heterocycles. The van der Waals surface area contributed by atoms with Crippen LogP contribution in [0.5, 0.6) is 0 Å². The number of benzene rings is 2. The zero-order chi connectivity index (χ0) is 14.3. The summed E-state index contributed by atoms with van der Waals surface area (Å²) in [6, 6.07) is 11.9. The Morgan fingerprint density at radius 3 is 2.45 bits per heavy atom. The van der Waals surface area contributed by atoms with Crippen molar-refractivity contribution in [3.63, 3.8) is 0 Å². The Labute approximate surface area is 126 Å². The molecule has 2 aromatic carbocycles. The van der Waals surface area contributed by atoms with Crippen molar-refractivity contribution in [1.29, 1.82) is 0 Å². The first-order valence-electron chi connectivity index (χ1n) is 5.77. The molecule has 20 heavy (non-hydrogen) atoms. The molecule has 0 radical (unpaired) electrons. The molecular weight excluding hydrogens is 344 g/mol. The van der Waals surface area contributed by atoms with Crippen molar-refractivity contribution in [2.75, 3.05) is 0 Å². The molecule has 0 spiro atoms. The number of para-hydroxylation sites is 1. The number of hydrogen-bond donors (Lipinski definition) is 1. The van der Waals surface area contributed by atoms with Crippen LogP contribution in [0.2, 0.25) is 5.02 Å². The highest BCUT2D eigenvalue weighted by atomic mass is 79.9. The van der Waals surface area contributed by atoms with Gasteiger partial charge in [0.1, 0.15) is 0 Å². The summed E-state index contributed by atoms with van der Waals surface area (Å²) in [7, 11) is 0. The number of aromatic nitrogens is 2. The summed E-state index contributed by atoms with van der Waals surface area (Å²) in [6.07, 6.45) is 0. The van der Waals surface area contributed by atoms with E-state index in [1.807, 2.05) is 0 Å². The Bertz CT molecular complexity index is 913. The second-order valence-electron chi connectivity index (χ2n) is 4.21. The third kappa shape index (κ3) is 2.09. The second-order valence-corrected chi connectivity index (χ2v) is 5.53. The molecule has 4 nitrogen and oxygen atoms in total. The molecule has 1 heterocycles. The Kier molecular flexibility index (Phi) is 3.23. The molecule has 100 valence electrons. The molecule has 0 atom stereocenters. The van der Waals surface area contributed by atoms with Gasteiger partial charge < -0.3 is 4.98 Å². The summed E-state index contributed by atoms with van der Waals surface area (Å²) >= 11 is 9.31. The lowest BCUT2D eigenvalue weighted by molar-refractivity contribution is 0.901. The molecular formula is C14H8BrClN2O2. The van der Waals surface area contributed by atoms with Gasteiger partial charge >= 0.3 is 5.69 Å². The molecule has 0 saturated heterocycles. The van der Waals surface area contributed by atoms with Gasteiger partial charge in [0, 0.05) is 4.47 Å². The van der Waals surface area contributed by atoms with Crippen molar-refractivity contribution in [2.45, 2.75) is 0 Å². The molecule has 0 unspecified atom stereocenters. The molecule has 3 rings (SSSR count). The van der Waals surface area contributed by atoms with Gasteiger partial charge in [-0.05, 0) is 36.4 Å². The predicted molar refractivity (Wildman–Crippen MR) is 82.9 cm³/mol. The topological polar surface area (TPSA) is 54.9 Å². The van der Waals surface area contributed by atoms with E-state index < -0.39 is 11.2 Å². The third-order valence-electron chi connectivity index (χ3n) is 2.97. The van der Waals surface area contributed by atoms with Gasteiger partial charge in [0.25, 0.3) is 5.56 Å². The average molecular weight is 352 g/mol. The Balaban J connectivity index is 2.41. The molecule has 0 aliphatic rings. The normalized spacial score (nSPS) is 10.9. The summed E-state index contributed by atoms with van der Waals surface area (Å²) in [4.78, 5) is 27.2. The summed E-state index contributed by atoms with van der Waals surface area (Å²) in [5.74, 6) is 0. The Hall–Kier alpha value is -1.85. The highest BCUT2D eigenvalue weighted by molar-refractivity contribution is 9.10. The van der Waals surface area contributed by atoms with Crippen LogP contribution in [0.1, 0.15) is 0 Å². The van der Waals surface area contributed by atoms with Gasteiger partial charge in [0.15, 0.2) is 0 Å². The van der Waals surface area contributed by atoms with E-state index in [-0.39, 0.29) is 0 Å². The van der Waals surface area contributed by atoms with E-state index in [0.29, 0.717) is 21.6 Å². The van der Waals surface area contributed by atoms with E-state index in [2.05, 4.69) is 20.9 Å². The van der Waals surface area contributed by atoms with E-state index >= 15 is 0 Å². The number of fused-ring (bicyclic) bond motifs is 1. The number of rotatable bonds is 1. The number of nitrogens with zero attached hydrogens (tertiary/aromatic N) is 1. The van der Waals surface area contributed by atoms with Gasteiger partial charge in [-0.3, -0.25) is 4.79 Å². The fourth-order valence-corrected chi connectivity index (χ4v) is 2.52. The lowest BCUT2D eigenvalue weighted by Gasteiger charge is -2.07. The van der Waals surface area contributed by atoms with E-state index in [1.54, 1.807) is 42.5 Å². The molecule has 0 bridgehead atoms. The number of H-pyrrole nitrogens is 1. The van der Waals surface area contributed by atoms with Gasteiger partial charge in [-0.25, -0.2) is 9.36 Å². The minimum absolute atomic E-state index is 0.347. The van der Waals surface area contributed by atoms with Gasteiger partial charge in [-0.2, -0.15) is 0 Å². The highest BCUT2D eigenvalue weighted by Crippen LogP contribution is 2.18. The molecule has 0 amide bonds. The van der Waals surface area contributed by atoms with E-state index in [9.17, 15) is 9.59 Å². The van der Waals surface area contributed by atoms with Gasteiger partial charge in [0.05, 0.1) is 21.6 Å². The molecule has 0 aliphatic carbocycles. The van der Waals surface area contributed by atoms with Crippen LogP contribution in [-0.2, 0) is 0 Å². The maximum atomic E-state index is 12.5. The van der Waals surface area contributed by atoms with Crippen LogP contribution in [0.3, 0.4) is 0 Å². The summed E-state index contributed by atoms with van der Waals surface area (Å²) < 4.78 is 1.96. The van der Waals surface area contributed by atoms with Crippen molar-refractivity contribution < 1.29 is 0 Å². The minimum Gasteiger partial charge on any atom is -0.305 e. The van der Waals surface area contributed by atoms with Crippen LogP contribution in [0, 0.1) is 0 Å². The monoisotopic (exact) mass is 350 g/mol. The van der Waals surface area contributed by atoms with Crippen molar-refractivity contribution in [3.8, 4) is 5.69 Å². The lowest BCUT2D eigenvalue weighted by Crippen LogP contribution is -2.33. The molecule has 1 N–H and O–H groups in total. The van der Waals surface area contributed by atoms with Gasteiger partial charge in [-0.1, -0.05) is 33.6 Å². The quantitative estimate of drug-likeness (QED) is 0.732. The van der Waals surface area contributed by atoms with Crippen LogP contribution in [0.15, 0.2) is 56.5 Å². The zero-order valence-electron chi connectivity index (χ0n) is 10.1. The lowest BCUT2D eigenvalue weighted by atomic mass is 10.2. The number of nitrogens with one attached hydrogen (secondary N) is 1. The maximum absolute atomic E-state index is 12.5. The SMILES string of the molecule is O=c1[nH]c2c(Cl)cccc2c(=O)n1-c1ccc(Br)cc1. The maximum Gasteiger partial charge on any atom is 0.333 e. The summed E-state index contributed by atoms with van der Waals surface area (Å²) in [6.45, 7) is 0. The first-order chi connectivity index (χ1) is 9.58. The second kappa shape index (κ2) is 4.92. The van der Waals surface area contributed by atoms with Crippen LogP contribution in [0.25, 0.3) is 16.6 Å². The molecule has 6 heteroatoms. The predicted octanol–water partition coefficient (Wildman–Crippen LogP) is 3.09. The Morgan fingerprint density at radius 2 is 1.75 bits per heavy atom. The van der Waals surface area contributed by atoms with E-state index in [1.165, 1.54) is 0 Å². The number of aromatic amines is 1. The smallest absolute Gasteiger partial charge is 0.305 e. The van der Waals surface area contributed by atoms with E-state index in [0.717, 1.165) is 9.04 Å². The standard InChI is InChI=1S/C14H8BrClN2O2/c15-8-4-6-9(7-5-8)18-13(19)10-2-1-3-11(16)12(10)17-14(18)20/h1-7H,(H,17,20). The van der Waals surface area contributed by atoms with Crippen molar-refractivity contribution in [2.24, 2.45) is 0 Å². The van der Waals surface area contributed by atoms with Crippen LogP contribution < -0.4 is 11.2 Å². The fourth-order valence-electron chi connectivity index (χ4n) is 2.03. The third-order valence-corrected chi connectivity index (χ3v) is 3.81. The van der Waals surface area contributed by atoms with Crippen LogP contribution >= 0.6 is 27.5 Å². The number of hydrogen-bond acceptors (Lipinski definition) is 2. The van der Waals surface area contributed by atoms with Crippen molar-refractivity contribution in [3.05, 3.63) is 72.8 Å². The van der Waals surface area contributed by atoms with E-state index in [4.69, 9.17) is 11.6 Å². The first kappa shape index (κ1) is 13.1. The fraction of sp³-hybridized carbons (Fsp3) is 0. The first-order valence-corrected chi connectivity index (χ1v) is 6.94. The average Bonchev–Trinajstić information content (AvgIpc) is 2.42. The van der Waals surface area contributed by atoms with Gasteiger partial charge in [-0.15, -0.1) is 0 Å². The van der Waals surface area contributed by atoms with Crippen LogP contribution in [0.4, 0.5) is 0 Å². The highest BCUT2D eigenvalue weighted by Gasteiger charge is 2.10. The summed E-state index contributed by atoms with van der Waals surface area (Å²) in [5, 5.41) is 0.722. The molecule has 0 saturated carbocycles. The zero-order valence-corrected chi connectivity index (χ0v) is 12.4. The Morgan fingerprint density at radius 1 is 1.05 bits per heavy atom. The van der Waals surface area contributed by atoms with Crippen molar-refractivity contribution in [1.82, 2.24) is 9.55 Å². The largest absolute Gasteiger partial charge is 0.333 e. The molecule has 0 aliphatic heterocycles. The van der Waals surface area contributed by atoms with Crippen LogP contribution in [-0.4, -0.2) is 9.55 Å².